The summed E-state index contributed by atoms with van der Waals surface area (Å²) in [5.74, 6) is -0.170. The van der Waals surface area contributed by atoms with Gasteiger partial charge in [0.2, 0.25) is 10.0 Å². The van der Waals surface area contributed by atoms with Crippen LogP contribution in [0, 0.1) is 18.3 Å². The van der Waals surface area contributed by atoms with Crippen molar-refractivity contribution in [3.05, 3.63) is 89.9 Å². The average Bonchev–Trinajstić information content (AvgIpc) is 3.21. The summed E-state index contributed by atoms with van der Waals surface area (Å²) in [5.41, 5.74) is 2.88. The zero-order chi connectivity index (χ0) is 23.6. The Morgan fingerprint density at radius 2 is 1.88 bits per heavy atom. The molecule has 2 aromatic heterocycles. The van der Waals surface area contributed by atoms with Crippen LogP contribution in [-0.4, -0.2) is 29.1 Å². The first-order chi connectivity index (χ1) is 15.8. The monoisotopic (exact) mass is 458 g/mol. The molecule has 0 saturated carbocycles. The van der Waals surface area contributed by atoms with E-state index in [1.54, 1.807) is 67.6 Å². The Morgan fingerprint density at radius 1 is 1.09 bits per heavy atom. The highest BCUT2D eigenvalue weighted by Gasteiger charge is 2.18. The van der Waals surface area contributed by atoms with Crippen LogP contribution in [0.15, 0.2) is 77.8 Å². The zero-order valence-electron chi connectivity index (χ0n) is 17.4. The number of hydrogen-bond acceptors (Lipinski definition) is 6. The van der Waals surface area contributed by atoms with Crippen LogP contribution in [0.25, 0.3) is 16.8 Å². The molecule has 2 aromatic carbocycles. The van der Waals surface area contributed by atoms with Gasteiger partial charge in [-0.2, -0.15) is 10.4 Å². The minimum atomic E-state index is -3.91. The number of nitriles is 1. The van der Waals surface area contributed by atoms with E-state index in [1.165, 1.54) is 16.9 Å². The summed E-state index contributed by atoms with van der Waals surface area (Å²) >= 11 is 0. The minimum Gasteiger partial charge on any atom is -0.305 e. The Morgan fingerprint density at radius 3 is 2.58 bits per heavy atom. The molecule has 0 atom stereocenters. The third-order valence-corrected chi connectivity index (χ3v) is 5.76. The lowest BCUT2D eigenvalue weighted by molar-refractivity contribution is 0.101. The second-order valence-electron chi connectivity index (χ2n) is 7.17. The van der Waals surface area contributed by atoms with Gasteiger partial charge in [-0.1, -0.05) is 24.3 Å². The van der Waals surface area contributed by atoms with Crippen molar-refractivity contribution in [2.45, 2.75) is 11.8 Å². The van der Waals surface area contributed by atoms with Crippen molar-refractivity contribution in [2.75, 3.05) is 5.32 Å². The molecule has 9 nitrogen and oxygen atoms in total. The van der Waals surface area contributed by atoms with E-state index < -0.39 is 15.9 Å². The molecule has 0 bridgehead atoms. The van der Waals surface area contributed by atoms with Gasteiger partial charge >= 0.3 is 0 Å². The van der Waals surface area contributed by atoms with E-state index in [0.29, 0.717) is 28.1 Å². The maximum Gasteiger partial charge on any atom is 0.275 e. The van der Waals surface area contributed by atoms with E-state index in [-0.39, 0.29) is 16.4 Å². The quantitative estimate of drug-likeness (QED) is 0.470. The first-order valence-corrected chi connectivity index (χ1v) is 11.3. The van der Waals surface area contributed by atoms with Gasteiger partial charge in [-0.3, -0.25) is 4.79 Å². The van der Waals surface area contributed by atoms with E-state index in [9.17, 15) is 13.2 Å². The summed E-state index contributed by atoms with van der Waals surface area (Å²) in [6.07, 6.45) is 1.46. The van der Waals surface area contributed by atoms with Crippen molar-refractivity contribution < 1.29 is 13.2 Å². The predicted molar refractivity (Wildman–Crippen MR) is 122 cm³/mol. The lowest BCUT2D eigenvalue weighted by Gasteiger charge is -2.10. The highest BCUT2D eigenvalue weighted by atomic mass is 32.2. The number of sulfonamides is 1. The van der Waals surface area contributed by atoms with E-state index in [2.05, 4.69) is 21.5 Å². The van der Waals surface area contributed by atoms with Gasteiger partial charge in [0.05, 0.1) is 27.9 Å². The molecule has 0 aliphatic rings. The van der Waals surface area contributed by atoms with Crippen LogP contribution >= 0.6 is 0 Å². The second-order valence-corrected chi connectivity index (χ2v) is 8.70. The topological polar surface area (TPSA) is 144 Å². The first kappa shape index (κ1) is 21.9. The number of aromatic nitrogens is 3. The summed E-state index contributed by atoms with van der Waals surface area (Å²) in [6, 6.07) is 20.0. The van der Waals surface area contributed by atoms with Gasteiger partial charge in [0.15, 0.2) is 0 Å². The Kier molecular flexibility index (Phi) is 5.74. The fourth-order valence-corrected chi connectivity index (χ4v) is 4.09. The molecule has 10 heteroatoms. The van der Waals surface area contributed by atoms with Crippen molar-refractivity contribution in [3.63, 3.8) is 0 Å². The molecule has 0 fully saturated rings. The number of aryl methyl sites for hydroxylation is 1. The minimum absolute atomic E-state index is 0.0115. The first-order valence-electron chi connectivity index (χ1n) is 9.73. The Bertz CT molecular complexity index is 1500. The van der Waals surface area contributed by atoms with Crippen LogP contribution in [0.5, 0.6) is 0 Å². The third kappa shape index (κ3) is 4.64. The number of pyridine rings is 1. The van der Waals surface area contributed by atoms with Gasteiger partial charge in [-0.15, -0.1) is 0 Å². The van der Waals surface area contributed by atoms with Gasteiger partial charge < -0.3 is 5.32 Å². The summed E-state index contributed by atoms with van der Waals surface area (Å²) in [6.45, 7) is 1.76. The van der Waals surface area contributed by atoms with Gasteiger partial charge in [0, 0.05) is 17.3 Å². The van der Waals surface area contributed by atoms with E-state index >= 15 is 0 Å². The molecule has 4 aromatic rings. The van der Waals surface area contributed by atoms with Gasteiger partial charge in [-0.05, 0) is 49.4 Å². The van der Waals surface area contributed by atoms with Crippen LogP contribution in [0.1, 0.15) is 21.7 Å². The number of nitrogens with one attached hydrogen (secondary N) is 1. The average molecular weight is 459 g/mol. The number of rotatable bonds is 5. The number of amides is 1. The maximum absolute atomic E-state index is 12.9. The van der Waals surface area contributed by atoms with Crippen molar-refractivity contribution in [1.82, 2.24) is 14.8 Å². The SMILES string of the molecule is Cc1cc(C(=O)Nc2ccc(-c3ccccc3S(N)(=O)=O)cn2)n(-c2cccc(C#N)c2)n1. The molecule has 0 spiro atoms. The Labute approximate surface area is 190 Å². The van der Waals surface area contributed by atoms with Gasteiger partial charge in [0.25, 0.3) is 5.91 Å². The number of carbonyl (C=O) groups excluding carboxylic acids is 1. The fourth-order valence-electron chi connectivity index (χ4n) is 3.33. The summed E-state index contributed by atoms with van der Waals surface area (Å²) < 4.78 is 25.2. The molecule has 0 saturated heterocycles. The highest BCUT2D eigenvalue weighted by molar-refractivity contribution is 7.89. The number of anilines is 1. The van der Waals surface area contributed by atoms with Crippen LogP contribution in [-0.2, 0) is 10.0 Å². The number of carbonyl (C=O) groups is 1. The van der Waals surface area contributed by atoms with Crippen LogP contribution in [0.3, 0.4) is 0 Å². The molecule has 0 aliphatic carbocycles. The number of nitrogens with two attached hydrogens (primary N) is 1. The zero-order valence-corrected chi connectivity index (χ0v) is 18.2. The molecular formula is C23H18N6O3S. The number of hydrogen-bond donors (Lipinski definition) is 2. The second kappa shape index (κ2) is 8.66. The van der Waals surface area contributed by atoms with Crippen LogP contribution in [0.2, 0.25) is 0 Å². The lowest BCUT2D eigenvalue weighted by Crippen LogP contribution is -2.17. The van der Waals surface area contributed by atoms with E-state index in [0.717, 1.165) is 0 Å². The number of nitrogens with zero attached hydrogens (tertiary/aromatic N) is 4. The molecule has 164 valence electrons. The number of primary sulfonamides is 1. The maximum atomic E-state index is 12.9. The van der Waals surface area contributed by atoms with E-state index in [1.807, 2.05) is 0 Å². The molecule has 4 rings (SSSR count). The molecule has 3 N–H and O–H groups in total. The summed E-state index contributed by atoms with van der Waals surface area (Å²) in [4.78, 5) is 17.2. The molecule has 1 amide bonds. The Hall–Kier alpha value is -4.33. The van der Waals surface area contributed by atoms with Crippen LogP contribution in [0.4, 0.5) is 5.82 Å². The summed E-state index contributed by atoms with van der Waals surface area (Å²) in [5, 5.41) is 21.5. The summed E-state index contributed by atoms with van der Waals surface area (Å²) in [7, 11) is -3.91. The molecule has 2 heterocycles. The van der Waals surface area contributed by atoms with Gasteiger partial charge in [0.1, 0.15) is 11.5 Å². The lowest BCUT2D eigenvalue weighted by atomic mass is 10.1. The van der Waals surface area contributed by atoms with Crippen LogP contribution < -0.4 is 10.5 Å². The predicted octanol–water partition coefficient (Wildman–Crippen LogP) is 3.01. The molecule has 0 radical (unpaired) electrons. The smallest absolute Gasteiger partial charge is 0.275 e. The standard InChI is InChI=1S/C23H18N6O3S/c1-15-11-20(29(28-15)18-6-4-5-16(12-18)13-24)23(30)27-22-10-9-17(14-26-22)19-7-2-3-8-21(19)33(25,31)32/h2-12,14H,1H3,(H2,25,31,32)(H,26,27,30). The van der Waals surface area contributed by atoms with Crippen molar-refractivity contribution in [3.8, 4) is 22.9 Å². The van der Waals surface area contributed by atoms with Crippen molar-refractivity contribution >= 4 is 21.7 Å². The van der Waals surface area contributed by atoms with E-state index in [4.69, 9.17) is 10.4 Å². The highest BCUT2D eigenvalue weighted by Crippen LogP contribution is 2.26. The largest absolute Gasteiger partial charge is 0.305 e. The van der Waals surface area contributed by atoms with Gasteiger partial charge in [-0.25, -0.2) is 23.2 Å². The number of benzene rings is 2. The Balaban J connectivity index is 1.61. The van der Waals surface area contributed by atoms with Crippen molar-refractivity contribution in [1.29, 1.82) is 5.26 Å². The molecule has 0 aliphatic heterocycles. The normalized spacial score (nSPS) is 11.1. The molecule has 33 heavy (non-hydrogen) atoms. The van der Waals surface area contributed by atoms with Crippen molar-refractivity contribution in [2.24, 2.45) is 5.14 Å². The fraction of sp³-hybridized carbons (Fsp3) is 0.0435. The molecule has 0 unspecified atom stereocenters. The third-order valence-electron chi connectivity index (χ3n) is 4.79. The molecular weight excluding hydrogens is 440 g/mol.